The molecule has 7 heteroatoms. The number of esters is 1. The lowest BCUT2D eigenvalue weighted by molar-refractivity contribution is -0.115. The molecule has 6 nitrogen and oxygen atoms in total. The van der Waals surface area contributed by atoms with Crippen LogP contribution >= 0.6 is 11.8 Å². The average molecular weight is 432 g/mol. The van der Waals surface area contributed by atoms with Crippen LogP contribution in [0.15, 0.2) is 65.7 Å². The zero-order chi connectivity index (χ0) is 22.2. The minimum atomic E-state index is -0.513. The number of rotatable bonds is 7. The summed E-state index contributed by atoms with van der Waals surface area (Å²) in [6.45, 7) is 2.02. The molecular formula is C24H21N3O3S. The number of hydrogen-bond donors (Lipinski definition) is 1. The van der Waals surface area contributed by atoms with Gasteiger partial charge in [0.05, 0.1) is 29.6 Å². The first-order valence-corrected chi connectivity index (χ1v) is 10.6. The Kier molecular flexibility index (Phi) is 7.41. The molecule has 31 heavy (non-hydrogen) atoms. The van der Waals surface area contributed by atoms with Crippen LogP contribution in [-0.4, -0.2) is 29.7 Å². The molecule has 0 aliphatic rings. The minimum Gasteiger partial charge on any atom is -0.465 e. The van der Waals surface area contributed by atoms with Gasteiger partial charge in [-0.2, -0.15) is 5.26 Å². The maximum Gasteiger partial charge on any atom is 0.339 e. The van der Waals surface area contributed by atoms with Crippen molar-refractivity contribution in [2.75, 3.05) is 18.2 Å². The molecule has 0 spiro atoms. The van der Waals surface area contributed by atoms with E-state index in [0.717, 1.165) is 16.8 Å². The van der Waals surface area contributed by atoms with Crippen LogP contribution in [0.25, 0.3) is 11.3 Å². The summed E-state index contributed by atoms with van der Waals surface area (Å²) in [4.78, 5) is 28.8. The first-order chi connectivity index (χ1) is 15.0. The molecule has 0 saturated heterocycles. The highest BCUT2D eigenvalue weighted by atomic mass is 32.2. The Labute approximate surface area is 185 Å². The van der Waals surface area contributed by atoms with Crippen molar-refractivity contribution in [1.29, 1.82) is 5.26 Å². The van der Waals surface area contributed by atoms with E-state index >= 15 is 0 Å². The number of amides is 1. The van der Waals surface area contributed by atoms with Crippen molar-refractivity contribution in [3.63, 3.8) is 0 Å². The van der Waals surface area contributed by atoms with E-state index in [1.807, 2.05) is 37.3 Å². The molecule has 0 atom stereocenters. The smallest absolute Gasteiger partial charge is 0.339 e. The van der Waals surface area contributed by atoms with Gasteiger partial charge in [0.15, 0.2) is 0 Å². The number of para-hydroxylation sites is 1. The Morgan fingerprint density at radius 2 is 1.84 bits per heavy atom. The van der Waals surface area contributed by atoms with Crippen LogP contribution in [0.2, 0.25) is 0 Å². The van der Waals surface area contributed by atoms with E-state index < -0.39 is 5.97 Å². The number of aromatic nitrogens is 1. The molecule has 0 fully saturated rings. The van der Waals surface area contributed by atoms with Crippen LogP contribution in [0.3, 0.4) is 0 Å². The summed E-state index contributed by atoms with van der Waals surface area (Å²) < 4.78 is 4.74. The largest absolute Gasteiger partial charge is 0.465 e. The normalized spacial score (nSPS) is 10.2. The van der Waals surface area contributed by atoms with E-state index in [1.54, 1.807) is 30.3 Å². The third-order valence-corrected chi connectivity index (χ3v) is 5.50. The fourth-order valence-electron chi connectivity index (χ4n) is 2.85. The first kappa shape index (κ1) is 22.1. The summed E-state index contributed by atoms with van der Waals surface area (Å²) in [5.41, 5.74) is 4.07. The lowest BCUT2D eigenvalue weighted by Crippen LogP contribution is -2.15. The summed E-state index contributed by atoms with van der Waals surface area (Å²) in [6, 6.07) is 20.4. The molecule has 0 bridgehead atoms. The molecule has 0 aliphatic carbocycles. The Morgan fingerprint density at radius 1 is 1.10 bits per heavy atom. The molecule has 0 aliphatic heterocycles. The number of ether oxygens (including phenoxy) is 1. The van der Waals surface area contributed by atoms with Gasteiger partial charge in [-0.1, -0.05) is 42.0 Å². The Hall–Kier alpha value is -3.63. The van der Waals surface area contributed by atoms with Crippen molar-refractivity contribution in [1.82, 2.24) is 4.98 Å². The van der Waals surface area contributed by atoms with Crippen LogP contribution in [0.5, 0.6) is 0 Å². The zero-order valence-corrected chi connectivity index (χ0v) is 18.0. The van der Waals surface area contributed by atoms with Gasteiger partial charge >= 0.3 is 5.97 Å². The van der Waals surface area contributed by atoms with E-state index in [9.17, 15) is 14.9 Å². The Morgan fingerprint density at radius 3 is 2.55 bits per heavy atom. The predicted molar refractivity (Wildman–Crippen MR) is 121 cm³/mol. The second-order valence-electron chi connectivity index (χ2n) is 6.71. The molecule has 1 amide bonds. The van der Waals surface area contributed by atoms with E-state index in [2.05, 4.69) is 16.4 Å². The summed E-state index contributed by atoms with van der Waals surface area (Å²) in [5.74, 6) is -0.316. The number of nitrogens with one attached hydrogen (secondary N) is 1. The standard InChI is InChI=1S/C24H21N3O3S/c1-16-7-9-17(10-8-16)20-12-11-18(15-25)23(27-20)31-14-13-22(28)26-21-6-4-3-5-19(21)24(29)30-2/h3-12H,13-14H2,1-2H3,(H,26,28). The summed E-state index contributed by atoms with van der Waals surface area (Å²) in [7, 11) is 1.29. The van der Waals surface area contributed by atoms with Crippen molar-refractivity contribution in [2.45, 2.75) is 18.4 Å². The molecule has 1 N–H and O–H groups in total. The number of anilines is 1. The van der Waals surface area contributed by atoms with Crippen LogP contribution < -0.4 is 5.32 Å². The minimum absolute atomic E-state index is 0.196. The highest BCUT2D eigenvalue weighted by Crippen LogP contribution is 2.26. The average Bonchev–Trinajstić information content (AvgIpc) is 2.79. The number of hydrogen-bond acceptors (Lipinski definition) is 6. The van der Waals surface area contributed by atoms with Crippen molar-refractivity contribution >= 4 is 29.3 Å². The number of carbonyl (C=O) groups is 2. The Balaban J connectivity index is 1.66. The number of nitriles is 1. The second-order valence-corrected chi connectivity index (χ2v) is 7.79. The van der Waals surface area contributed by atoms with Gasteiger partial charge in [-0.05, 0) is 31.2 Å². The van der Waals surface area contributed by atoms with Gasteiger partial charge < -0.3 is 10.1 Å². The first-order valence-electron chi connectivity index (χ1n) is 9.60. The van der Waals surface area contributed by atoms with Gasteiger partial charge in [0.1, 0.15) is 11.1 Å². The molecule has 0 radical (unpaired) electrons. The molecular weight excluding hydrogens is 410 g/mol. The van der Waals surface area contributed by atoms with Gasteiger partial charge in [0, 0.05) is 17.7 Å². The summed E-state index contributed by atoms with van der Waals surface area (Å²) in [6.07, 6.45) is 0.196. The van der Waals surface area contributed by atoms with Gasteiger partial charge in [-0.15, -0.1) is 11.8 Å². The number of methoxy groups -OCH3 is 1. The van der Waals surface area contributed by atoms with Crippen molar-refractivity contribution < 1.29 is 14.3 Å². The van der Waals surface area contributed by atoms with Gasteiger partial charge in [0.2, 0.25) is 5.91 Å². The van der Waals surface area contributed by atoms with Crippen LogP contribution in [0.1, 0.15) is 27.9 Å². The fourth-order valence-corrected chi connectivity index (χ4v) is 3.77. The molecule has 3 aromatic rings. The third kappa shape index (κ3) is 5.71. The van der Waals surface area contributed by atoms with Crippen LogP contribution in [0, 0.1) is 18.3 Å². The van der Waals surface area contributed by atoms with E-state index in [0.29, 0.717) is 27.6 Å². The number of nitrogens with zero attached hydrogens (tertiary/aromatic N) is 2. The number of carbonyl (C=O) groups excluding carboxylic acids is 2. The topological polar surface area (TPSA) is 92.1 Å². The second kappa shape index (κ2) is 10.4. The zero-order valence-electron chi connectivity index (χ0n) is 17.2. The highest BCUT2D eigenvalue weighted by Gasteiger charge is 2.14. The van der Waals surface area contributed by atoms with E-state index in [1.165, 1.54) is 18.9 Å². The number of pyridine rings is 1. The summed E-state index contributed by atoms with van der Waals surface area (Å²) in [5, 5.41) is 12.7. The summed E-state index contributed by atoms with van der Waals surface area (Å²) >= 11 is 1.35. The lowest BCUT2D eigenvalue weighted by Gasteiger charge is -2.10. The lowest BCUT2D eigenvalue weighted by atomic mass is 10.1. The molecule has 0 unspecified atom stereocenters. The predicted octanol–water partition coefficient (Wildman–Crippen LogP) is 4.84. The van der Waals surface area contributed by atoms with Crippen molar-refractivity contribution in [3.05, 3.63) is 77.4 Å². The van der Waals surface area contributed by atoms with Crippen molar-refractivity contribution in [3.8, 4) is 17.3 Å². The molecule has 2 aromatic carbocycles. The molecule has 0 saturated carbocycles. The number of benzene rings is 2. The fraction of sp³-hybridized carbons (Fsp3) is 0.167. The Bertz CT molecular complexity index is 1140. The van der Waals surface area contributed by atoms with Gasteiger partial charge in [-0.25, -0.2) is 9.78 Å². The SMILES string of the molecule is COC(=O)c1ccccc1NC(=O)CCSc1nc(-c2ccc(C)cc2)ccc1C#N. The molecule has 3 rings (SSSR count). The van der Waals surface area contributed by atoms with Gasteiger partial charge in [0.25, 0.3) is 0 Å². The maximum atomic E-state index is 12.4. The molecule has 1 heterocycles. The van der Waals surface area contributed by atoms with Crippen LogP contribution in [-0.2, 0) is 9.53 Å². The third-order valence-electron chi connectivity index (χ3n) is 4.50. The number of thioether (sulfide) groups is 1. The molecule has 1 aromatic heterocycles. The van der Waals surface area contributed by atoms with Crippen molar-refractivity contribution in [2.24, 2.45) is 0 Å². The van der Waals surface area contributed by atoms with Crippen LogP contribution in [0.4, 0.5) is 5.69 Å². The quantitative estimate of drug-likeness (QED) is 0.425. The highest BCUT2D eigenvalue weighted by molar-refractivity contribution is 7.99. The number of aryl methyl sites for hydroxylation is 1. The van der Waals surface area contributed by atoms with E-state index in [-0.39, 0.29) is 12.3 Å². The monoisotopic (exact) mass is 431 g/mol. The van der Waals surface area contributed by atoms with Gasteiger partial charge in [-0.3, -0.25) is 4.79 Å². The maximum absolute atomic E-state index is 12.4. The molecule has 156 valence electrons. The van der Waals surface area contributed by atoms with E-state index in [4.69, 9.17) is 4.74 Å².